The van der Waals surface area contributed by atoms with Crippen LogP contribution in [0.3, 0.4) is 0 Å². The van der Waals surface area contributed by atoms with Crippen molar-refractivity contribution in [2.45, 2.75) is 19.3 Å². The Morgan fingerprint density at radius 3 is 2.57 bits per heavy atom. The normalized spacial score (nSPS) is 14.0. The summed E-state index contributed by atoms with van der Waals surface area (Å²) in [5.41, 5.74) is 1.71. The first-order chi connectivity index (χ1) is 13.0. The second kappa shape index (κ2) is 8.14. The number of anilines is 2. The first-order valence-electron chi connectivity index (χ1n) is 9.00. The van der Waals surface area contributed by atoms with E-state index in [-0.39, 0.29) is 18.3 Å². The van der Waals surface area contributed by atoms with Crippen LogP contribution in [0.5, 0.6) is 0 Å². The summed E-state index contributed by atoms with van der Waals surface area (Å²) in [4.78, 5) is 19.2. The summed E-state index contributed by atoms with van der Waals surface area (Å²) in [7, 11) is 1.87. The third kappa shape index (κ3) is 3.67. The molecule has 5 nitrogen and oxygen atoms in total. The number of carbonyl (C=O) groups is 1. The van der Waals surface area contributed by atoms with Gasteiger partial charge in [-0.2, -0.15) is 0 Å². The third-order valence-electron chi connectivity index (χ3n) is 4.96. The van der Waals surface area contributed by atoms with Gasteiger partial charge in [0, 0.05) is 49.7 Å². The van der Waals surface area contributed by atoms with Gasteiger partial charge in [0.2, 0.25) is 0 Å². The first-order valence-corrected chi connectivity index (χ1v) is 9.00. The maximum Gasteiger partial charge on any atom is 0.257 e. The maximum atomic E-state index is 13.5. The highest BCUT2D eigenvalue weighted by Crippen LogP contribution is 2.29. The van der Waals surface area contributed by atoms with Crippen LogP contribution in [0.25, 0.3) is 10.9 Å². The Morgan fingerprint density at radius 1 is 1.11 bits per heavy atom. The lowest BCUT2D eigenvalue weighted by Gasteiger charge is -2.27. The number of rotatable bonds is 3. The summed E-state index contributed by atoms with van der Waals surface area (Å²) < 4.78 is 28.5. The summed E-state index contributed by atoms with van der Waals surface area (Å²) in [6.45, 7) is 1.53. The van der Waals surface area contributed by atoms with Crippen molar-refractivity contribution >= 4 is 40.7 Å². The van der Waals surface area contributed by atoms with Gasteiger partial charge in [0.15, 0.2) is 11.6 Å². The molecule has 1 aliphatic heterocycles. The van der Waals surface area contributed by atoms with Gasteiger partial charge in [-0.3, -0.25) is 4.79 Å². The SMILES string of the molecule is Cl.Cn1ccc2c(Nc3ccc(F)c(F)c3)ncc(C(=O)N3CCCCC3)c21. The number of amides is 1. The lowest BCUT2D eigenvalue weighted by atomic mass is 10.1. The fourth-order valence-electron chi connectivity index (χ4n) is 3.55. The number of likely N-dealkylation sites (tertiary alicyclic amines) is 1. The Morgan fingerprint density at radius 2 is 1.86 bits per heavy atom. The van der Waals surface area contributed by atoms with Gasteiger partial charge in [-0.1, -0.05) is 0 Å². The Kier molecular flexibility index (Phi) is 5.84. The molecule has 1 amide bonds. The number of hydrogen-bond donors (Lipinski definition) is 1. The lowest BCUT2D eigenvalue weighted by Crippen LogP contribution is -2.35. The second-order valence-electron chi connectivity index (χ2n) is 6.82. The van der Waals surface area contributed by atoms with Gasteiger partial charge in [-0.15, -0.1) is 12.4 Å². The van der Waals surface area contributed by atoms with E-state index in [1.54, 1.807) is 6.20 Å². The largest absolute Gasteiger partial charge is 0.350 e. The van der Waals surface area contributed by atoms with Gasteiger partial charge in [-0.05, 0) is 37.5 Å². The summed E-state index contributed by atoms with van der Waals surface area (Å²) >= 11 is 0. The number of halogens is 3. The summed E-state index contributed by atoms with van der Waals surface area (Å²) in [6.07, 6.45) is 6.60. The molecule has 1 aliphatic rings. The van der Waals surface area contributed by atoms with E-state index in [4.69, 9.17) is 0 Å². The minimum atomic E-state index is -0.929. The fourth-order valence-corrected chi connectivity index (χ4v) is 3.55. The average Bonchev–Trinajstić information content (AvgIpc) is 3.08. The van der Waals surface area contributed by atoms with Crippen molar-refractivity contribution in [3.63, 3.8) is 0 Å². The highest BCUT2D eigenvalue weighted by molar-refractivity contribution is 6.08. The number of aryl methyl sites for hydroxylation is 1. The van der Waals surface area contributed by atoms with Crippen LogP contribution in [0.2, 0.25) is 0 Å². The zero-order valence-electron chi connectivity index (χ0n) is 15.4. The van der Waals surface area contributed by atoms with Gasteiger partial charge < -0.3 is 14.8 Å². The van der Waals surface area contributed by atoms with Crippen LogP contribution in [0, 0.1) is 11.6 Å². The molecule has 8 heteroatoms. The van der Waals surface area contributed by atoms with Crippen molar-refractivity contribution in [2.24, 2.45) is 7.05 Å². The van der Waals surface area contributed by atoms with Crippen molar-refractivity contribution in [1.82, 2.24) is 14.5 Å². The number of carbonyl (C=O) groups excluding carboxylic acids is 1. The lowest BCUT2D eigenvalue weighted by molar-refractivity contribution is 0.0725. The zero-order valence-corrected chi connectivity index (χ0v) is 16.2. The second-order valence-corrected chi connectivity index (χ2v) is 6.82. The van der Waals surface area contributed by atoms with Gasteiger partial charge >= 0.3 is 0 Å². The van der Waals surface area contributed by atoms with Crippen LogP contribution in [0.4, 0.5) is 20.3 Å². The molecule has 3 aromatic rings. The molecule has 4 rings (SSSR count). The number of aromatic nitrogens is 2. The van der Waals surface area contributed by atoms with Crippen LogP contribution in [-0.2, 0) is 7.05 Å². The molecule has 3 heterocycles. The molecule has 0 unspecified atom stereocenters. The standard InChI is InChI=1S/C20H20F2N4O.ClH/c1-25-10-7-14-18(25)15(20(27)26-8-3-2-4-9-26)12-23-19(14)24-13-5-6-16(21)17(22)11-13;/h5-7,10-12H,2-4,8-9H2,1H3,(H,23,24);1H. The fraction of sp³-hybridized carbons (Fsp3) is 0.300. The highest BCUT2D eigenvalue weighted by Gasteiger charge is 2.23. The smallest absolute Gasteiger partial charge is 0.257 e. The molecule has 1 N–H and O–H groups in total. The van der Waals surface area contributed by atoms with Gasteiger partial charge in [-0.25, -0.2) is 13.8 Å². The van der Waals surface area contributed by atoms with Gasteiger partial charge in [0.25, 0.3) is 5.91 Å². The van der Waals surface area contributed by atoms with Crippen LogP contribution >= 0.6 is 12.4 Å². The minimum Gasteiger partial charge on any atom is -0.350 e. The number of fused-ring (bicyclic) bond motifs is 1. The molecule has 0 saturated carbocycles. The monoisotopic (exact) mass is 406 g/mol. The Bertz CT molecular complexity index is 1010. The quantitative estimate of drug-likeness (QED) is 0.689. The number of hydrogen-bond acceptors (Lipinski definition) is 3. The van der Waals surface area contributed by atoms with Crippen molar-refractivity contribution in [2.75, 3.05) is 18.4 Å². The molecule has 0 aliphatic carbocycles. The topological polar surface area (TPSA) is 50.2 Å². The van der Waals surface area contributed by atoms with Crippen molar-refractivity contribution < 1.29 is 13.6 Å². The Balaban J connectivity index is 0.00000225. The number of nitrogens with one attached hydrogen (secondary N) is 1. The van der Waals surface area contributed by atoms with Crippen molar-refractivity contribution in [1.29, 1.82) is 0 Å². The van der Waals surface area contributed by atoms with Crippen molar-refractivity contribution in [3.05, 3.63) is 53.9 Å². The summed E-state index contributed by atoms with van der Waals surface area (Å²) in [5, 5.41) is 3.77. The van der Waals surface area contributed by atoms with E-state index in [0.29, 0.717) is 17.1 Å². The van der Waals surface area contributed by atoms with E-state index in [0.717, 1.165) is 55.4 Å². The highest BCUT2D eigenvalue weighted by atomic mass is 35.5. The predicted molar refractivity (Wildman–Crippen MR) is 107 cm³/mol. The third-order valence-corrected chi connectivity index (χ3v) is 4.96. The van der Waals surface area contributed by atoms with Crippen LogP contribution in [-0.4, -0.2) is 33.4 Å². The van der Waals surface area contributed by atoms with E-state index in [9.17, 15) is 13.6 Å². The van der Waals surface area contributed by atoms with Crippen LogP contribution in [0.15, 0.2) is 36.7 Å². The molecule has 1 saturated heterocycles. The van der Waals surface area contributed by atoms with E-state index in [2.05, 4.69) is 10.3 Å². The summed E-state index contributed by atoms with van der Waals surface area (Å²) in [6, 6.07) is 5.45. The van der Waals surface area contributed by atoms with Gasteiger partial charge in [0.05, 0.1) is 11.1 Å². The number of piperidine rings is 1. The number of benzene rings is 1. The Hall–Kier alpha value is -2.67. The molecule has 28 heavy (non-hydrogen) atoms. The van der Waals surface area contributed by atoms with E-state index >= 15 is 0 Å². The van der Waals surface area contributed by atoms with E-state index in [1.165, 1.54) is 6.07 Å². The average molecular weight is 407 g/mol. The number of pyridine rings is 1. The molecule has 0 radical (unpaired) electrons. The molecule has 0 spiro atoms. The number of nitrogens with zero attached hydrogens (tertiary/aromatic N) is 3. The maximum absolute atomic E-state index is 13.5. The minimum absolute atomic E-state index is 0. The van der Waals surface area contributed by atoms with E-state index in [1.807, 2.05) is 28.8 Å². The van der Waals surface area contributed by atoms with Crippen LogP contribution < -0.4 is 5.32 Å². The predicted octanol–water partition coefficient (Wildman–Crippen LogP) is 4.64. The van der Waals surface area contributed by atoms with Crippen LogP contribution in [0.1, 0.15) is 29.6 Å². The molecular formula is C20H21ClF2N4O. The van der Waals surface area contributed by atoms with E-state index < -0.39 is 11.6 Å². The molecule has 148 valence electrons. The van der Waals surface area contributed by atoms with Gasteiger partial charge in [0.1, 0.15) is 5.82 Å². The van der Waals surface area contributed by atoms with Crippen molar-refractivity contribution in [3.8, 4) is 0 Å². The molecule has 1 fully saturated rings. The zero-order chi connectivity index (χ0) is 19.0. The molecule has 2 aromatic heterocycles. The first kappa shape index (κ1) is 20.1. The molecule has 1 aromatic carbocycles. The summed E-state index contributed by atoms with van der Waals surface area (Å²) in [5.74, 6) is -1.36. The Labute approximate surface area is 167 Å². The molecule has 0 bridgehead atoms. The molecule has 0 atom stereocenters. The molecular weight excluding hydrogens is 386 g/mol.